The summed E-state index contributed by atoms with van der Waals surface area (Å²) in [6.07, 6.45) is -4.69. The van der Waals surface area contributed by atoms with Crippen molar-refractivity contribution in [1.82, 2.24) is 4.98 Å². The van der Waals surface area contributed by atoms with Gasteiger partial charge in [0.2, 0.25) is 5.88 Å². The molecule has 0 saturated carbocycles. The summed E-state index contributed by atoms with van der Waals surface area (Å²) in [6.45, 7) is 0. The Bertz CT molecular complexity index is 750. The van der Waals surface area contributed by atoms with Gasteiger partial charge in [0.1, 0.15) is 5.69 Å². The van der Waals surface area contributed by atoms with Crippen LogP contribution in [0.5, 0.6) is 5.88 Å². The molecule has 2 rings (SSSR count). The van der Waals surface area contributed by atoms with Gasteiger partial charge in [-0.1, -0.05) is 58.0 Å². The standard InChI is InChI=1S/C13H5Cl5F3NO/c1-23-6-3-4(2-5(22-6)13(19,20)21)7-8(14)10(16)12(18)11(17)9(7)15/h2-3H,1H3. The maximum Gasteiger partial charge on any atom is 0.433 e. The van der Waals surface area contributed by atoms with Crippen LogP contribution in [0.15, 0.2) is 12.1 Å². The molecule has 0 radical (unpaired) electrons. The van der Waals surface area contributed by atoms with Crippen molar-refractivity contribution in [2.75, 3.05) is 7.11 Å². The average Bonchev–Trinajstić information content (AvgIpc) is 2.50. The molecular weight excluding hydrogens is 420 g/mol. The van der Waals surface area contributed by atoms with Crippen molar-refractivity contribution in [2.24, 2.45) is 0 Å². The molecule has 0 N–H and O–H groups in total. The molecule has 0 aliphatic rings. The van der Waals surface area contributed by atoms with Gasteiger partial charge in [-0.3, -0.25) is 0 Å². The number of hydrogen-bond donors (Lipinski definition) is 0. The lowest BCUT2D eigenvalue weighted by atomic mass is 10.1. The molecule has 0 amide bonds. The summed E-state index contributed by atoms with van der Waals surface area (Å²) in [7, 11) is 1.18. The number of benzene rings is 1. The monoisotopic (exact) mass is 423 g/mol. The first kappa shape index (κ1) is 18.7. The largest absolute Gasteiger partial charge is 0.481 e. The Kier molecular flexibility index (Phi) is 5.48. The van der Waals surface area contributed by atoms with E-state index in [0.29, 0.717) is 0 Å². The topological polar surface area (TPSA) is 22.1 Å². The molecule has 0 atom stereocenters. The fourth-order valence-corrected chi connectivity index (χ4v) is 3.11. The number of halogens is 8. The van der Waals surface area contributed by atoms with Crippen molar-refractivity contribution in [3.63, 3.8) is 0 Å². The highest BCUT2D eigenvalue weighted by molar-refractivity contribution is 6.56. The summed E-state index contributed by atoms with van der Waals surface area (Å²) in [5.74, 6) is -0.274. The van der Waals surface area contributed by atoms with Crippen molar-refractivity contribution in [1.29, 1.82) is 0 Å². The minimum atomic E-state index is -4.69. The molecule has 0 spiro atoms. The number of rotatable bonds is 2. The highest BCUT2D eigenvalue weighted by Crippen LogP contribution is 2.49. The fraction of sp³-hybridized carbons (Fsp3) is 0.154. The van der Waals surface area contributed by atoms with Crippen molar-refractivity contribution in [3.8, 4) is 17.0 Å². The smallest absolute Gasteiger partial charge is 0.433 e. The predicted molar refractivity (Wildman–Crippen MR) is 86.3 cm³/mol. The van der Waals surface area contributed by atoms with Gasteiger partial charge < -0.3 is 4.74 Å². The maximum absolute atomic E-state index is 13.0. The van der Waals surface area contributed by atoms with E-state index in [2.05, 4.69) is 4.98 Å². The zero-order valence-electron chi connectivity index (χ0n) is 11.0. The van der Waals surface area contributed by atoms with E-state index in [1.807, 2.05) is 0 Å². The van der Waals surface area contributed by atoms with E-state index in [-0.39, 0.29) is 42.1 Å². The van der Waals surface area contributed by atoms with Gasteiger partial charge in [0.15, 0.2) is 0 Å². The summed E-state index contributed by atoms with van der Waals surface area (Å²) >= 11 is 29.9. The van der Waals surface area contributed by atoms with E-state index in [1.165, 1.54) is 13.2 Å². The zero-order chi connectivity index (χ0) is 17.5. The Balaban J connectivity index is 2.82. The number of nitrogens with zero attached hydrogens (tertiary/aromatic N) is 1. The summed E-state index contributed by atoms with van der Waals surface area (Å²) < 4.78 is 43.7. The van der Waals surface area contributed by atoms with Crippen molar-refractivity contribution >= 4 is 58.0 Å². The molecular formula is C13H5Cl5F3NO. The second-order valence-electron chi connectivity index (χ2n) is 4.23. The third-order valence-electron chi connectivity index (χ3n) is 2.80. The van der Waals surface area contributed by atoms with E-state index in [1.54, 1.807) is 0 Å². The van der Waals surface area contributed by atoms with Crippen LogP contribution < -0.4 is 4.74 Å². The number of hydrogen-bond acceptors (Lipinski definition) is 2. The molecule has 0 aliphatic carbocycles. The lowest BCUT2D eigenvalue weighted by molar-refractivity contribution is -0.141. The molecule has 124 valence electrons. The third kappa shape index (κ3) is 3.59. The first-order valence-electron chi connectivity index (χ1n) is 5.73. The molecule has 0 saturated heterocycles. The minimum absolute atomic E-state index is 0.000988. The van der Waals surface area contributed by atoms with Crippen molar-refractivity contribution in [3.05, 3.63) is 42.9 Å². The minimum Gasteiger partial charge on any atom is -0.481 e. The number of pyridine rings is 1. The molecule has 1 aromatic heterocycles. The zero-order valence-corrected chi connectivity index (χ0v) is 14.8. The molecule has 0 bridgehead atoms. The van der Waals surface area contributed by atoms with Gasteiger partial charge in [-0.2, -0.15) is 13.2 Å². The summed E-state index contributed by atoms with van der Waals surface area (Å²) in [6, 6.07) is 1.99. The highest BCUT2D eigenvalue weighted by Gasteiger charge is 2.34. The Morgan fingerprint density at radius 1 is 0.870 bits per heavy atom. The van der Waals surface area contributed by atoms with Gasteiger partial charge in [0, 0.05) is 11.6 Å². The van der Waals surface area contributed by atoms with Crippen LogP contribution in [-0.2, 0) is 6.18 Å². The van der Waals surface area contributed by atoms with Crippen molar-refractivity contribution < 1.29 is 17.9 Å². The lowest BCUT2D eigenvalue weighted by Gasteiger charge is -2.15. The van der Waals surface area contributed by atoms with Gasteiger partial charge in [0.05, 0.1) is 32.2 Å². The molecule has 0 unspecified atom stereocenters. The van der Waals surface area contributed by atoms with E-state index in [0.717, 1.165) is 6.07 Å². The average molecular weight is 425 g/mol. The second-order valence-corrected chi connectivity index (χ2v) is 6.12. The van der Waals surface area contributed by atoms with Crippen LogP contribution in [0.3, 0.4) is 0 Å². The third-order valence-corrected chi connectivity index (χ3v) is 5.08. The number of ether oxygens (including phenoxy) is 1. The summed E-state index contributed by atoms with van der Waals surface area (Å²) in [5.41, 5.74) is -1.19. The van der Waals surface area contributed by atoms with E-state index >= 15 is 0 Å². The molecule has 0 fully saturated rings. The van der Waals surface area contributed by atoms with E-state index in [4.69, 9.17) is 62.7 Å². The number of aromatic nitrogens is 1. The summed E-state index contributed by atoms with van der Waals surface area (Å²) in [5, 5.41) is -0.604. The van der Waals surface area contributed by atoms with Crippen molar-refractivity contribution in [2.45, 2.75) is 6.18 Å². The normalized spacial score (nSPS) is 11.7. The molecule has 0 aliphatic heterocycles. The first-order chi connectivity index (χ1) is 10.6. The van der Waals surface area contributed by atoms with Gasteiger partial charge in [0.25, 0.3) is 0 Å². The van der Waals surface area contributed by atoms with Crippen LogP contribution in [0.4, 0.5) is 13.2 Å². The van der Waals surface area contributed by atoms with Crippen LogP contribution in [0.2, 0.25) is 25.1 Å². The quantitative estimate of drug-likeness (QED) is 0.380. The number of methoxy groups -OCH3 is 1. The maximum atomic E-state index is 13.0. The molecule has 2 nitrogen and oxygen atoms in total. The molecule has 1 heterocycles. The lowest BCUT2D eigenvalue weighted by Crippen LogP contribution is -2.09. The van der Waals surface area contributed by atoms with E-state index in [9.17, 15) is 13.2 Å². The molecule has 1 aromatic carbocycles. The Morgan fingerprint density at radius 3 is 1.78 bits per heavy atom. The fourth-order valence-electron chi connectivity index (χ4n) is 1.76. The summed E-state index contributed by atoms with van der Waals surface area (Å²) in [4.78, 5) is 3.34. The van der Waals surface area contributed by atoms with Gasteiger partial charge in [-0.05, 0) is 11.6 Å². The van der Waals surface area contributed by atoms with Gasteiger partial charge in [-0.15, -0.1) is 0 Å². The van der Waals surface area contributed by atoms with Crippen LogP contribution in [0.25, 0.3) is 11.1 Å². The second kappa shape index (κ2) is 6.73. The SMILES string of the molecule is COc1cc(-c2c(Cl)c(Cl)c(Cl)c(Cl)c2Cl)cc(C(F)(F)F)n1. The molecule has 23 heavy (non-hydrogen) atoms. The molecule has 2 aromatic rings. The molecule has 10 heteroatoms. The van der Waals surface area contributed by atoms with E-state index < -0.39 is 11.9 Å². The Morgan fingerprint density at radius 2 is 1.35 bits per heavy atom. The van der Waals surface area contributed by atoms with Crippen LogP contribution >= 0.6 is 58.0 Å². The van der Waals surface area contributed by atoms with Crippen LogP contribution in [0.1, 0.15) is 5.69 Å². The predicted octanol–water partition coefficient (Wildman–Crippen LogP) is 7.04. The van der Waals surface area contributed by atoms with Gasteiger partial charge in [-0.25, -0.2) is 4.98 Å². The van der Waals surface area contributed by atoms with Gasteiger partial charge >= 0.3 is 6.18 Å². The Hall–Kier alpha value is -0.590. The van der Waals surface area contributed by atoms with Crippen LogP contribution in [-0.4, -0.2) is 12.1 Å². The first-order valence-corrected chi connectivity index (χ1v) is 7.62. The van der Waals surface area contributed by atoms with Crippen LogP contribution in [0, 0.1) is 0 Å². The highest BCUT2D eigenvalue weighted by atomic mass is 35.5. The Labute approximate surface area is 154 Å². The number of alkyl halides is 3.